The molecule has 1 fully saturated rings. The van der Waals surface area contributed by atoms with Crippen LogP contribution in [-0.2, 0) is 4.74 Å². The second-order valence-electron chi connectivity index (χ2n) is 6.73. The third-order valence-corrected chi connectivity index (χ3v) is 6.26. The van der Waals surface area contributed by atoms with Crippen LogP contribution >= 0.6 is 11.6 Å². The van der Waals surface area contributed by atoms with E-state index in [0.29, 0.717) is 15.9 Å². The van der Waals surface area contributed by atoms with Gasteiger partial charge in [-0.15, -0.1) is 0 Å². The van der Waals surface area contributed by atoms with Crippen LogP contribution in [0.4, 0.5) is 0 Å². The van der Waals surface area contributed by atoms with Crippen molar-refractivity contribution < 1.29 is 4.74 Å². The van der Waals surface area contributed by atoms with Gasteiger partial charge in [0.25, 0.3) is 0 Å². The van der Waals surface area contributed by atoms with Crippen LogP contribution in [0.3, 0.4) is 0 Å². The zero-order valence-corrected chi connectivity index (χ0v) is 18.4. The van der Waals surface area contributed by atoms with Gasteiger partial charge in [-0.05, 0) is 0 Å². The van der Waals surface area contributed by atoms with E-state index in [1.807, 2.05) is 37.4 Å². The monoisotopic (exact) mass is 444 g/mol. The first kappa shape index (κ1) is 18.7. The predicted octanol–water partition coefficient (Wildman–Crippen LogP) is 2.97. The number of aliphatic imine (C=N–C) groups is 1. The van der Waals surface area contributed by atoms with E-state index in [1.165, 1.54) is 0 Å². The summed E-state index contributed by atoms with van der Waals surface area (Å²) >= 11 is 7.75. The van der Waals surface area contributed by atoms with Crippen LogP contribution in [0, 0.1) is 6.92 Å². The summed E-state index contributed by atoms with van der Waals surface area (Å²) < 4.78 is 5.53. The van der Waals surface area contributed by atoms with Crippen molar-refractivity contribution in [3.8, 4) is 0 Å². The van der Waals surface area contributed by atoms with Crippen LogP contribution in [0.25, 0.3) is 17.1 Å². The Kier molecular flexibility index (Phi) is 5.63. The Labute approximate surface area is 172 Å². The Morgan fingerprint density at radius 2 is 2.00 bits per heavy atom. The summed E-state index contributed by atoms with van der Waals surface area (Å²) in [6.45, 7) is 3.61. The SMILES string of the molecule is Cc1nc2cc(Cl)ccc2nc1/C=C/C1=NC=CC([AsH2])N1C1CCOCC1. The van der Waals surface area contributed by atoms with Gasteiger partial charge in [0.2, 0.25) is 0 Å². The van der Waals surface area contributed by atoms with Gasteiger partial charge in [0.05, 0.1) is 0 Å². The van der Waals surface area contributed by atoms with E-state index in [4.69, 9.17) is 21.3 Å². The maximum absolute atomic E-state index is 6.06. The Balaban J connectivity index is 1.63. The minimum absolute atomic E-state index is 0.378. The Bertz CT molecular complexity index is 937. The number of hydrogen-bond donors (Lipinski definition) is 0. The summed E-state index contributed by atoms with van der Waals surface area (Å²) in [6, 6.07) is 6.06. The third kappa shape index (κ3) is 4.11. The molecule has 0 N–H and O–H groups in total. The molecule has 2 aliphatic rings. The number of fused-ring (bicyclic) bond motifs is 1. The fraction of sp³-hybridized carbons (Fsp3) is 0.350. The van der Waals surface area contributed by atoms with Crippen LogP contribution in [0.15, 0.2) is 41.5 Å². The molecular weight excluding hydrogens is 423 g/mol. The molecule has 0 spiro atoms. The first-order valence-electron chi connectivity index (χ1n) is 9.10. The first-order chi connectivity index (χ1) is 13.1. The van der Waals surface area contributed by atoms with E-state index in [1.54, 1.807) is 16.9 Å². The minimum atomic E-state index is 0.378. The fourth-order valence-corrected chi connectivity index (χ4v) is 4.69. The van der Waals surface area contributed by atoms with Gasteiger partial charge in [-0.2, -0.15) is 0 Å². The van der Waals surface area contributed by atoms with Crippen LogP contribution in [0.2, 0.25) is 5.02 Å². The average Bonchev–Trinajstić information content (AvgIpc) is 2.67. The molecule has 0 aliphatic carbocycles. The first-order valence-corrected chi connectivity index (χ1v) is 10.9. The van der Waals surface area contributed by atoms with E-state index in [-0.39, 0.29) is 0 Å². The van der Waals surface area contributed by atoms with E-state index >= 15 is 0 Å². The van der Waals surface area contributed by atoms with Gasteiger partial charge >= 0.3 is 173 Å². The summed E-state index contributed by atoms with van der Waals surface area (Å²) in [5.74, 6) is 0.983. The molecule has 0 bridgehead atoms. The van der Waals surface area contributed by atoms with Crippen LogP contribution in [0.1, 0.15) is 24.2 Å². The zero-order valence-electron chi connectivity index (χ0n) is 15.2. The fourth-order valence-electron chi connectivity index (χ4n) is 3.48. The number of nitrogens with zero attached hydrogens (tertiary/aromatic N) is 4. The van der Waals surface area contributed by atoms with Gasteiger partial charge in [-0.1, -0.05) is 0 Å². The number of halogens is 1. The van der Waals surface area contributed by atoms with E-state index in [2.05, 4.69) is 27.0 Å². The van der Waals surface area contributed by atoms with Gasteiger partial charge in [0.15, 0.2) is 0 Å². The van der Waals surface area contributed by atoms with Crippen molar-refractivity contribution in [3.63, 3.8) is 0 Å². The van der Waals surface area contributed by atoms with Crippen molar-refractivity contribution in [2.45, 2.75) is 30.6 Å². The quantitative estimate of drug-likeness (QED) is 0.683. The normalized spacial score (nSPS) is 21.2. The predicted molar refractivity (Wildman–Crippen MR) is 113 cm³/mol. The molecule has 0 radical (unpaired) electrons. The van der Waals surface area contributed by atoms with Gasteiger partial charge in [0.1, 0.15) is 0 Å². The van der Waals surface area contributed by atoms with Crippen LogP contribution < -0.4 is 0 Å². The molecular formula is C20H22AsClN4O. The molecule has 4 rings (SSSR count). The molecule has 0 amide bonds. The van der Waals surface area contributed by atoms with Crippen molar-refractivity contribution in [1.82, 2.24) is 14.9 Å². The van der Waals surface area contributed by atoms with Gasteiger partial charge in [0, 0.05) is 0 Å². The summed E-state index contributed by atoms with van der Waals surface area (Å²) in [6.07, 6.45) is 10.2. The number of amidine groups is 1. The molecule has 2 aromatic rings. The Morgan fingerprint density at radius 1 is 1.19 bits per heavy atom. The molecule has 3 heterocycles. The van der Waals surface area contributed by atoms with Gasteiger partial charge in [-0.25, -0.2) is 0 Å². The summed E-state index contributed by atoms with van der Waals surface area (Å²) in [7, 11) is 0. The number of benzene rings is 1. The Morgan fingerprint density at radius 3 is 2.81 bits per heavy atom. The van der Waals surface area contributed by atoms with Gasteiger partial charge < -0.3 is 0 Å². The molecule has 0 saturated carbocycles. The number of ether oxygens (including phenoxy) is 1. The zero-order chi connectivity index (χ0) is 18.8. The van der Waals surface area contributed by atoms with Crippen molar-refractivity contribution >= 4 is 51.4 Å². The van der Waals surface area contributed by atoms with Crippen molar-refractivity contribution in [1.29, 1.82) is 0 Å². The van der Waals surface area contributed by atoms with E-state index in [0.717, 1.165) is 54.3 Å². The number of rotatable bonds is 3. The van der Waals surface area contributed by atoms with Crippen molar-refractivity contribution in [3.05, 3.63) is 53.0 Å². The maximum atomic E-state index is 6.06. The van der Waals surface area contributed by atoms with Crippen LogP contribution in [0.5, 0.6) is 0 Å². The molecule has 27 heavy (non-hydrogen) atoms. The van der Waals surface area contributed by atoms with Crippen LogP contribution in [-0.4, -0.2) is 61.6 Å². The van der Waals surface area contributed by atoms with E-state index < -0.39 is 0 Å². The summed E-state index contributed by atoms with van der Waals surface area (Å²) in [5.41, 5.74) is 3.39. The summed E-state index contributed by atoms with van der Waals surface area (Å²) in [4.78, 5) is 16.8. The van der Waals surface area contributed by atoms with Gasteiger partial charge in [-0.3, -0.25) is 0 Å². The topological polar surface area (TPSA) is 50.6 Å². The number of aromatic nitrogens is 2. The molecule has 2 aliphatic heterocycles. The molecule has 140 valence electrons. The molecule has 2 atom stereocenters. The average molecular weight is 445 g/mol. The number of hydrogen-bond acceptors (Lipinski definition) is 5. The van der Waals surface area contributed by atoms with Crippen molar-refractivity contribution in [2.75, 3.05) is 13.2 Å². The molecule has 1 aromatic carbocycles. The van der Waals surface area contributed by atoms with E-state index in [9.17, 15) is 0 Å². The molecule has 2 unspecified atom stereocenters. The second-order valence-corrected chi connectivity index (χ2v) is 8.60. The Hall–Kier alpha value is -1.68. The second kappa shape index (κ2) is 8.13. The molecule has 1 saturated heterocycles. The standard InChI is InChI=1S/C20H22AsClN4O/c1-13-16(25-17-3-2-14(22)12-18(17)24-13)4-5-20-23-9-6-19(21)26(20)15-7-10-27-11-8-15/h2-6,9,12,15,19H,7-8,10-11,21H2,1H3/b5-4+. The molecule has 5 nitrogen and oxygen atoms in total. The number of aryl methyl sites for hydroxylation is 1. The third-order valence-electron chi connectivity index (χ3n) is 4.89. The molecule has 1 aromatic heterocycles. The van der Waals surface area contributed by atoms with Crippen molar-refractivity contribution in [2.24, 2.45) is 4.99 Å². The molecule has 7 heteroatoms. The summed E-state index contributed by atoms with van der Waals surface area (Å²) in [5, 5.41) is 0.672.